The molecule has 0 heterocycles. The van der Waals surface area contributed by atoms with Crippen LogP contribution in [0.2, 0.25) is 0 Å². The van der Waals surface area contributed by atoms with Crippen molar-refractivity contribution in [1.29, 1.82) is 0 Å². The topological polar surface area (TPSA) is 117 Å². The Labute approximate surface area is 210 Å². The summed E-state index contributed by atoms with van der Waals surface area (Å²) in [4.78, 5) is 37.2. The minimum atomic E-state index is -1.20. The second kappa shape index (κ2) is 15.1. The van der Waals surface area contributed by atoms with Gasteiger partial charge in [-0.2, -0.15) is 0 Å². The second-order valence-corrected chi connectivity index (χ2v) is 9.84. The fourth-order valence-electron chi connectivity index (χ4n) is 3.68. The first-order chi connectivity index (χ1) is 16.4. The molecule has 198 valence electrons. The smallest absolute Gasteiger partial charge is 0.309 e. The lowest BCUT2D eigenvalue weighted by atomic mass is 9.86. The van der Waals surface area contributed by atoms with Gasteiger partial charge in [-0.25, -0.2) is 0 Å². The third kappa shape index (κ3) is 11.0. The fourth-order valence-corrected chi connectivity index (χ4v) is 3.68. The van der Waals surface area contributed by atoms with Crippen LogP contribution in [0.4, 0.5) is 0 Å². The van der Waals surface area contributed by atoms with Crippen molar-refractivity contribution in [3.05, 3.63) is 35.9 Å². The predicted molar refractivity (Wildman–Crippen MR) is 136 cm³/mol. The Morgan fingerprint density at radius 1 is 1.00 bits per heavy atom. The summed E-state index contributed by atoms with van der Waals surface area (Å²) in [5.74, 6) is -1.05. The van der Waals surface area contributed by atoms with E-state index in [9.17, 15) is 14.4 Å². The standard InChI is InChI=1S/C27H44N2O6/c1-7-27(6,24(31)20(2)3)29-13-14-33-15-16-34-19-23(30)26(5,28)17-21(4)25(32)35-18-22-11-9-8-10-12-22/h8-12,20-21,29H,7,13-19,28H2,1-6H3. The summed E-state index contributed by atoms with van der Waals surface area (Å²) in [7, 11) is 0. The molecule has 8 nitrogen and oxygen atoms in total. The summed E-state index contributed by atoms with van der Waals surface area (Å²) >= 11 is 0. The molecule has 8 heteroatoms. The Kier molecular flexibility index (Phi) is 13.3. The van der Waals surface area contributed by atoms with E-state index in [-0.39, 0.29) is 43.7 Å². The Hall–Kier alpha value is -2.13. The van der Waals surface area contributed by atoms with Gasteiger partial charge in [0.25, 0.3) is 0 Å². The van der Waals surface area contributed by atoms with Crippen molar-refractivity contribution in [3.63, 3.8) is 0 Å². The maximum atomic E-state index is 12.5. The zero-order valence-corrected chi connectivity index (χ0v) is 22.2. The lowest BCUT2D eigenvalue weighted by Gasteiger charge is -2.30. The lowest BCUT2D eigenvalue weighted by Crippen LogP contribution is -2.51. The molecule has 0 spiro atoms. The highest BCUT2D eigenvalue weighted by Gasteiger charge is 2.33. The number of esters is 1. The number of rotatable bonds is 18. The summed E-state index contributed by atoms with van der Waals surface area (Å²) < 4.78 is 16.3. The van der Waals surface area contributed by atoms with Gasteiger partial charge in [0.2, 0.25) is 0 Å². The van der Waals surface area contributed by atoms with E-state index in [0.717, 1.165) is 5.56 Å². The highest BCUT2D eigenvalue weighted by Crippen LogP contribution is 2.18. The van der Waals surface area contributed by atoms with Gasteiger partial charge in [-0.3, -0.25) is 14.4 Å². The third-order valence-corrected chi connectivity index (χ3v) is 6.14. The largest absolute Gasteiger partial charge is 0.461 e. The normalized spacial score (nSPS) is 15.8. The van der Waals surface area contributed by atoms with E-state index in [4.69, 9.17) is 19.9 Å². The van der Waals surface area contributed by atoms with Gasteiger partial charge in [0, 0.05) is 12.5 Å². The number of hydrogen-bond acceptors (Lipinski definition) is 8. The van der Waals surface area contributed by atoms with E-state index in [0.29, 0.717) is 26.2 Å². The first-order valence-electron chi connectivity index (χ1n) is 12.4. The Balaban J connectivity index is 2.25. The van der Waals surface area contributed by atoms with Crippen molar-refractivity contribution in [2.45, 2.75) is 72.1 Å². The molecule has 0 fully saturated rings. The molecular weight excluding hydrogens is 448 g/mol. The maximum absolute atomic E-state index is 12.5. The zero-order chi connectivity index (χ0) is 26.5. The van der Waals surface area contributed by atoms with Gasteiger partial charge in [-0.05, 0) is 32.3 Å². The van der Waals surface area contributed by atoms with Crippen LogP contribution < -0.4 is 11.1 Å². The van der Waals surface area contributed by atoms with Crippen molar-refractivity contribution in [2.24, 2.45) is 17.6 Å². The Morgan fingerprint density at radius 3 is 2.23 bits per heavy atom. The molecule has 0 radical (unpaired) electrons. The maximum Gasteiger partial charge on any atom is 0.309 e. The van der Waals surface area contributed by atoms with Gasteiger partial charge >= 0.3 is 5.97 Å². The molecule has 1 aromatic rings. The van der Waals surface area contributed by atoms with E-state index in [1.807, 2.05) is 58.0 Å². The number of nitrogens with two attached hydrogens (primary N) is 1. The van der Waals surface area contributed by atoms with Crippen LogP contribution in [0.3, 0.4) is 0 Å². The van der Waals surface area contributed by atoms with E-state index < -0.39 is 23.0 Å². The lowest BCUT2D eigenvalue weighted by molar-refractivity contribution is -0.150. The summed E-state index contributed by atoms with van der Waals surface area (Å²) in [5.41, 5.74) is 5.32. The van der Waals surface area contributed by atoms with Gasteiger partial charge in [0.1, 0.15) is 13.2 Å². The molecule has 0 amide bonds. The molecule has 35 heavy (non-hydrogen) atoms. The van der Waals surface area contributed by atoms with E-state index in [1.165, 1.54) is 0 Å². The predicted octanol–water partition coefficient (Wildman–Crippen LogP) is 3.06. The van der Waals surface area contributed by atoms with Crippen LogP contribution in [0.25, 0.3) is 0 Å². The van der Waals surface area contributed by atoms with Crippen LogP contribution in [0, 0.1) is 11.8 Å². The average molecular weight is 493 g/mol. The first kappa shape index (κ1) is 30.9. The van der Waals surface area contributed by atoms with E-state index >= 15 is 0 Å². The molecule has 0 aliphatic heterocycles. The molecule has 0 aliphatic rings. The average Bonchev–Trinajstić information content (AvgIpc) is 2.83. The number of hydrogen-bond donors (Lipinski definition) is 2. The van der Waals surface area contributed by atoms with Crippen molar-refractivity contribution < 1.29 is 28.6 Å². The third-order valence-electron chi connectivity index (χ3n) is 6.14. The van der Waals surface area contributed by atoms with Crippen LogP contribution in [0.1, 0.15) is 59.9 Å². The van der Waals surface area contributed by atoms with Crippen molar-refractivity contribution in [3.8, 4) is 0 Å². The van der Waals surface area contributed by atoms with Crippen molar-refractivity contribution in [2.75, 3.05) is 33.0 Å². The quantitative estimate of drug-likeness (QED) is 0.237. The molecule has 0 bridgehead atoms. The van der Waals surface area contributed by atoms with Gasteiger partial charge in [0.05, 0.1) is 36.8 Å². The number of carbonyl (C=O) groups is 3. The highest BCUT2D eigenvalue weighted by atomic mass is 16.5. The SMILES string of the molecule is CCC(C)(NCCOCCOCC(=O)C(C)(N)CC(C)C(=O)OCc1ccccc1)C(=O)C(C)C. The zero-order valence-electron chi connectivity index (χ0n) is 22.2. The number of carbonyl (C=O) groups excluding carboxylic acids is 3. The Morgan fingerprint density at radius 2 is 1.63 bits per heavy atom. The summed E-state index contributed by atoms with van der Waals surface area (Å²) in [6.45, 7) is 12.6. The van der Waals surface area contributed by atoms with E-state index in [1.54, 1.807) is 13.8 Å². The fraction of sp³-hybridized carbons (Fsp3) is 0.667. The van der Waals surface area contributed by atoms with Gasteiger partial charge in [0.15, 0.2) is 11.6 Å². The van der Waals surface area contributed by atoms with Gasteiger partial charge in [-0.1, -0.05) is 58.0 Å². The molecular formula is C27H44N2O6. The number of Topliss-reactive ketones (excluding diaryl/α,β-unsaturated/α-hetero) is 2. The van der Waals surface area contributed by atoms with E-state index in [2.05, 4.69) is 5.32 Å². The monoisotopic (exact) mass is 492 g/mol. The molecule has 3 atom stereocenters. The molecule has 0 aliphatic carbocycles. The molecule has 0 saturated carbocycles. The number of nitrogens with one attached hydrogen (secondary N) is 1. The van der Waals surface area contributed by atoms with Crippen LogP contribution in [0.15, 0.2) is 30.3 Å². The molecule has 3 N–H and O–H groups in total. The first-order valence-corrected chi connectivity index (χ1v) is 12.4. The molecule has 1 rings (SSSR count). The van der Waals surface area contributed by atoms with Crippen LogP contribution >= 0.6 is 0 Å². The van der Waals surface area contributed by atoms with Crippen molar-refractivity contribution >= 4 is 17.5 Å². The molecule has 3 unspecified atom stereocenters. The number of ketones is 2. The molecule has 1 aromatic carbocycles. The van der Waals surface area contributed by atoms with Gasteiger partial charge in [-0.15, -0.1) is 0 Å². The highest BCUT2D eigenvalue weighted by molar-refractivity contribution is 5.90. The van der Waals surface area contributed by atoms with Crippen LogP contribution in [-0.2, 0) is 35.2 Å². The molecule has 0 saturated heterocycles. The number of benzene rings is 1. The minimum absolute atomic E-state index is 0.0320. The Bertz CT molecular complexity index is 796. The summed E-state index contributed by atoms with van der Waals surface area (Å²) in [6, 6.07) is 9.40. The van der Waals surface area contributed by atoms with Crippen LogP contribution in [-0.4, -0.2) is 61.6 Å². The van der Waals surface area contributed by atoms with Crippen molar-refractivity contribution in [1.82, 2.24) is 5.32 Å². The second-order valence-electron chi connectivity index (χ2n) is 9.84. The minimum Gasteiger partial charge on any atom is -0.461 e. The number of ether oxygens (including phenoxy) is 3. The van der Waals surface area contributed by atoms with Crippen LogP contribution in [0.5, 0.6) is 0 Å². The summed E-state index contributed by atoms with van der Waals surface area (Å²) in [5, 5.41) is 3.28. The summed E-state index contributed by atoms with van der Waals surface area (Å²) in [6.07, 6.45) is 0.868. The van der Waals surface area contributed by atoms with Gasteiger partial charge < -0.3 is 25.3 Å². The molecule has 0 aromatic heterocycles.